The first-order valence-electron chi connectivity index (χ1n) is 5.97. The number of rotatable bonds is 4. The predicted octanol–water partition coefficient (Wildman–Crippen LogP) is 1.12. The van der Waals surface area contributed by atoms with Crippen molar-refractivity contribution in [3.63, 3.8) is 0 Å². The second-order valence-corrected chi connectivity index (χ2v) is 4.46. The summed E-state index contributed by atoms with van der Waals surface area (Å²) < 4.78 is 4.64. The molecule has 0 aliphatic carbocycles. The highest BCUT2D eigenvalue weighted by Gasteiger charge is 2.17. The lowest BCUT2D eigenvalue weighted by Crippen LogP contribution is -2.21. The van der Waals surface area contributed by atoms with Crippen molar-refractivity contribution in [3.8, 4) is 0 Å². The average molecular weight is 282 g/mol. The fraction of sp³-hybridized carbons (Fsp3) is 0.500. The highest BCUT2D eigenvalue weighted by Crippen LogP contribution is 2.18. The molecule has 100 valence electrons. The lowest BCUT2D eigenvalue weighted by Gasteiger charge is -2.15. The highest BCUT2D eigenvalue weighted by atomic mass is 35.5. The molecular weight excluding hydrogens is 270 g/mol. The first-order chi connectivity index (χ1) is 9.31. The third-order valence-electron chi connectivity index (χ3n) is 2.80. The van der Waals surface area contributed by atoms with Gasteiger partial charge in [-0.15, -0.1) is 0 Å². The maximum atomic E-state index is 5.91. The molecule has 0 radical (unpaired) electrons. The molecule has 3 heterocycles. The zero-order valence-electron chi connectivity index (χ0n) is 10.1. The zero-order valence-corrected chi connectivity index (χ0v) is 10.8. The molecule has 0 aromatic carbocycles. The van der Waals surface area contributed by atoms with Gasteiger partial charge in [-0.05, 0) is 24.4 Å². The Kier molecular flexibility index (Phi) is 3.41. The van der Waals surface area contributed by atoms with E-state index in [9.17, 15) is 0 Å². The van der Waals surface area contributed by atoms with E-state index in [1.54, 1.807) is 0 Å². The Morgan fingerprint density at radius 3 is 2.84 bits per heavy atom. The molecule has 0 atom stereocenters. The number of halogens is 1. The summed E-state index contributed by atoms with van der Waals surface area (Å²) in [5.74, 6) is 1.54. The monoisotopic (exact) mass is 281 g/mol. The molecule has 9 heteroatoms. The van der Waals surface area contributed by atoms with Gasteiger partial charge >= 0.3 is 0 Å². The van der Waals surface area contributed by atoms with Gasteiger partial charge in [-0.2, -0.15) is 19.9 Å². The Morgan fingerprint density at radius 1 is 1.26 bits per heavy atom. The zero-order chi connectivity index (χ0) is 13.1. The molecule has 8 nitrogen and oxygen atoms in total. The van der Waals surface area contributed by atoms with Crippen LogP contribution in [0, 0.1) is 0 Å². The van der Waals surface area contributed by atoms with Crippen molar-refractivity contribution in [2.24, 2.45) is 0 Å². The smallest absolute Gasteiger partial charge is 0.231 e. The lowest BCUT2D eigenvalue weighted by molar-refractivity contribution is 0.411. The molecule has 1 N–H and O–H groups in total. The molecule has 1 saturated heterocycles. The van der Waals surface area contributed by atoms with Crippen LogP contribution in [0.15, 0.2) is 10.9 Å². The molecule has 1 aliphatic rings. The Morgan fingerprint density at radius 2 is 2.11 bits per heavy atom. The van der Waals surface area contributed by atoms with Gasteiger partial charge in [-0.1, -0.05) is 5.16 Å². The van der Waals surface area contributed by atoms with Crippen molar-refractivity contribution in [1.82, 2.24) is 25.1 Å². The Hall–Kier alpha value is -1.96. The molecule has 19 heavy (non-hydrogen) atoms. The summed E-state index contributed by atoms with van der Waals surface area (Å²) in [4.78, 5) is 18.5. The second kappa shape index (κ2) is 5.35. The fourth-order valence-corrected chi connectivity index (χ4v) is 2.06. The van der Waals surface area contributed by atoms with Crippen LogP contribution in [0.3, 0.4) is 0 Å². The topological polar surface area (TPSA) is 92.9 Å². The Balaban J connectivity index is 1.73. The second-order valence-electron chi connectivity index (χ2n) is 4.12. The van der Waals surface area contributed by atoms with Crippen molar-refractivity contribution < 1.29 is 4.52 Å². The van der Waals surface area contributed by atoms with Crippen molar-refractivity contribution >= 4 is 23.5 Å². The number of anilines is 2. The standard InChI is InChI=1S/C10H12ClN7O/c11-8-14-9(12-5-7-13-6-19-17-7)16-10(15-8)18-3-1-2-4-18/h6H,1-5H2,(H,12,14,15,16). The molecule has 2 aromatic rings. The van der Waals surface area contributed by atoms with Crippen LogP contribution in [-0.2, 0) is 6.54 Å². The van der Waals surface area contributed by atoms with E-state index in [0.29, 0.717) is 24.3 Å². The summed E-state index contributed by atoms with van der Waals surface area (Å²) in [6.45, 7) is 2.27. The van der Waals surface area contributed by atoms with E-state index in [-0.39, 0.29) is 5.28 Å². The van der Waals surface area contributed by atoms with Crippen molar-refractivity contribution in [2.75, 3.05) is 23.3 Å². The van der Waals surface area contributed by atoms with E-state index < -0.39 is 0 Å². The Labute approximate surface area is 114 Å². The van der Waals surface area contributed by atoms with E-state index in [0.717, 1.165) is 25.9 Å². The van der Waals surface area contributed by atoms with Crippen molar-refractivity contribution in [2.45, 2.75) is 19.4 Å². The molecule has 0 spiro atoms. The van der Waals surface area contributed by atoms with Crippen molar-refractivity contribution in [3.05, 3.63) is 17.5 Å². The lowest BCUT2D eigenvalue weighted by atomic mass is 10.4. The maximum absolute atomic E-state index is 5.91. The molecule has 0 amide bonds. The predicted molar refractivity (Wildman–Crippen MR) is 67.9 cm³/mol. The van der Waals surface area contributed by atoms with Gasteiger partial charge in [0.05, 0.1) is 6.54 Å². The summed E-state index contributed by atoms with van der Waals surface area (Å²) >= 11 is 5.91. The van der Waals surface area contributed by atoms with E-state index in [1.165, 1.54) is 6.39 Å². The average Bonchev–Trinajstić information content (AvgIpc) is 3.09. The van der Waals surface area contributed by atoms with Gasteiger partial charge in [-0.3, -0.25) is 0 Å². The molecule has 1 fully saturated rings. The number of aromatic nitrogens is 5. The van der Waals surface area contributed by atoms with E-state index in [4.69, 9.17) is 11.6 Å². The number of hydrogen-bond donors (Lipinski definition) is 1. The van der Waals surface area contributed by atoms with Gasteiger partial charge in [0.2, 0.25) is 23.6 Å². The van der Waals surface area contributed by atoms with E-state index >= 15 is 0 Å². The first kappa shape index (κ1) is 12.1. The first-order valence-corrected chi connectivity index (χ1v) is 6.35. The van der Waals surface area contributed by atoms with Crippen LogP contribution in [0.5, 0.6) is 0 Å². The van der Waals surface area contributed by atoms with Crippen LogP contribution in [0.1, 0.15) is 18.7 Å². The van der Waals surface area contributed by atoms with Crippen LogP contribution in [0.4, 0.5) is 11.9 Å². The summed E-state index contributed by atoms with van der Waals surface area (Å²) in [5, 5.41) is 6.86. The number of nitrogens with one attached hydrogen (secondary N) is 1. The van der Waals surface area contributed by atoms with Crippen molar-refractivity contribution in [1.29, 1.82) is 0 Å². The fourth-order valence-electron chi connectivity index (χ4n) is 1.91. The minimum absolute atomic E-state index is 0.174. The SMILES string of the molecule is Clc1nc(NCc2ncon2)nc(N2CCCC2)n1. The molecule has 0 bridgehead atoms. The van der Waals surface area contributed by atoms with E-state index in [2.05, 4.69) is 39.8 Å². The van der Waals surface area contributed by atoms with Gasteiger partial charge < -0.3 is 14.7 Å². The van der Waals surface area contributed by atoms with Gasteiger partial charge in [0, 0.05) is 13.1 Å². The van der Waals surface area contributed by atoms with Crippen LogP contribution in [0.25, 0.3) is 0 Å². The molecular formula is C10H12ClN7O. The van der Waals surface area contributed by atoms with Gasteiger partial charge in [0.15, 0.2) is 5.82 Å². The molecule has 2 aromatic heterocycles. The maximum Gasteiger partial charge on any atom is 0.231 e. The number of hydrogen-bond acceptors (Lipinski definition) is 8. The molecule has 0 saturated carbocycles. The summed E-state index contributed by atoms with van der Waals surface area (Å²) in [5.41, 5.74) is 0. The van der Waals surface area contributed by atoms with E-state index in [1.807, 2.05) is 0 Å². The molecule has 1 aliphatic heterocycles. The quantitative estimate of drug-likeness (QED) is 0.891. The minimum Gasteiger partial charge on any atom is -0.347 e. The molecule has 3 rings (SSSR count). The van der Waals surface area contributed by atoms with Gasteiger partial charge in [0.25, 0.3) is 0 Å². The minimum atomic E-state index is 0.174. The van der Waals surface area contributed by atoms with Gasteiger partial charge in [-0.25, -0.2) is 0 Å². The summed E-state index contributed by atoms with van der Waals surface area (Å²) in [6.07, 6.45) is 3.57. The largest absolute Gasteiger partial charge is 0.347 e. The summed E-state index contributed by atoms with van der Waals surface area (Å²) in [7, 11) is 0. The van der Waals surface area contributed by atoms with Crippen LogP contribution in [-0.4, -0.2) is 38.2 Å². The van der Waals surface area contributed by atoms with Crippen LogP contribution >= 0.6 is 11.6 Å². The highest BCUT2D eigenvalue weighted by molar-refractivity contribution is 6.28. The van der Waals surface area contributed by atoms with Gasteiger partial charge in [0.1, 0.15) is 0 Å². The van der Waals surface area contributed by atoms with Crippen LogP contribution in [0.2, 0.25) is 5.28 Å². The molecule has 0 unspecified atom stereocenters. The number of nitrogens with zero attached hydrogens (tertiary/aromatic N) is 6. The normalized spacial score (nSPS) is 14.9. The third kappa shape index (κ3) is 2.90. The third-order valence-corrected chi connectivity index (χ3v) is 2.97. The summed E-state index contributed by atoms with van der Waals surface area (Å²) in [6, 6.07) is 0. The Bertz CT molecular complexity index is 541. The van der Waals surface area contributed by atoms with Crippen LogP contribution < -0.4 is 10.2 Å².